The van der Waals surface area contributed by atoms with Crippen molar-refractivity contribution in [3.63, 3.8) is 0 Å². The van der Waals surface area contributed by atoms with Gasteiger partial charge in [-0.1, -0.05) is 0 Å². The summed E-state index contributed by atoms with van der Waals surface area (Å²) < 4.78 is 55.7. The smallest absolute Gasteiger partial charge is 0.442 e. The Labute approximate surface area is 272 Å². The third kappa shape index (κ3) is 9.72. The van der Waals surface area contributed by atoms with Crippen LogP contribution in [0.4, 0.5) is 25.4 Å². The van der Waals surface area contributed by atoms with Crippen LogP contribution in [0, 0.1) is 5.82 Å². The Morgan fingerprint density at radius 1 is 1.13 bits per heavy atom. The molecule has 1 fully saturated rings. The highest BCUT2D eigenvalue weighted by Crippen LogP contribution is 2.52. The molecule has 18 heteroatoms. The summed E-state index contributed by atoms with van der Waals surface area (Å²) in [5.41, 5.74) is 0.629. The zero-order valence-electron chi connectivity index (χ0n) is 27.8. The van der Waals surface area contributed by atoms with E-state index in [4.69, 9.17) is 33.1 Å². The predicted molar refractivity (Wildman–Crippen MR) is 163 cm³/mol. The molecule has 1 saturated heterocycles. The molecule has 0 aliphatic carbocycles. The molecule has 2 aliphatic heterocycles. The quantitative estimate of drug-likeness (QED) is 0.129. The molecule has 2 atom stereocenters. The topological polar surface area (TPSA) is 160 Å². The average Bonchev–Trinajstić information content (AvgIpc) is 3.60. The average molecular weight is 686 g/mol. The SMILES string of the molecule is CC(=O)N(C[C@H]1CN(c2ccc(N3Cc4cn(C)nc4C3)c(F)c2)C(=O)O1)C(=O)OC(C)OP(=O)(OOC(C)(C)C)OOC(C)(C)C. The Hall–Kier alpha value is -3.60. The Morgan fingerprint density at radius 3 is 2.32 bits per heavy atom. The molecule has 0 spiro atoms. The van der Waals surface area contributed by atoms with Crippen molar-refractivity contribution in [3.8, 4) is 0 Å². The second kappa shape index (κ2) is 13.9. The number of benzene rings is 1. The van der Waals surface area contributed by atoms with Crippen LogP contribution in [0.15, 0.2) is 24.4 Å². The molecule has 16 nitrogen and oxygen atoms in total. The van der Waals surface area contributed by atoms with Crippen molar-refractivity contribution in [2.45, 2.75) is 92.1 Å². The predicted octanol–water partition coefficient (Wildman–Crippen LogP) is 5.35. The molecule has 260 valence electrons. The fourth-order valence-corrected chi connectivity index (χ4v) is 5.65. The van der Waals surface area contributed by atoms with E-state index in [0.717, 1.165) is 18.2 Å². The first-order chi connectivity index (χ1) is 21.7. The van der Waals surface area contributed by atoms with Crippen LogP contribution in [-0.4, -0.2) is 69.5 Å². The van der Waals surface area contributed by atoms with Gasteiger partial charge in [-0.2, -0.15) is 5.10 Å². The lowest BCUT2D eigenvalue weighted by Gasteiger charge is -2.27. The van der Waals surface area contributed by atoms with Crippen LogP contribution >= 0.6 is 7.82 Å². The van der Waals surface area contributed by atoms with Gasteiger partial charge in [0.25, 0.3) is 0 Å². The molecule has 1 unspecified atom stereocenters. The van der Waals surface area contributed by atoms with Gasteiger partial charge in [0.05, 0.1) is 47.9 Å². The number of carbonyl (C=O) groups is 3. The Kier molecular flexibility index (Phi) is 10.7. The maximum absolute atomic E-state index is 15.2. The number of fused-ring (bicyclic) bond motifs is 1. The summed E-state index contributed by atoms with van der Waals surface area (Å²) in [6.45, 7) is 12.5. The third-order valence-corrected chi connectivity index (χ3v) is 7.51. The molecule has 0 N–H and O–H groups in total. The number of aryl methyl sites for hydroxylation is 1. The van der Waals surface area contributed by atoms with Crippen molar-refractivity contribution in [2.75, 3.05) is 22.9 Å². The molecule has 0 radical (unpaired) electrons. The van der Waals surface area contributed by atoms with E-state index in [2.05, 4.69) is 5.10 Å². The number of hydrogen-bond acceptors (Lipinski definition) is 13. The maximum atomic E-state index is 15.2. The third-order valence-electron chi connectivity index (χ3n) is 6.44. The van der Waals surface area contributed by atoms with E-state index in [1.807, 2.05) is 18.1 Å². The van der Waals surface area contributed by atoms with Crippen molar-refractivity contribution >= 4 is 37.3 Å². The summed E-state index contributed by atoms with van der Waals surface area (Å²) in [5, 5.41) is 4.39. The van der Waals surface area contributed by atoms with E-state index in [1.165, 1.54) is 17.9 Å². The van der Waals surface area contributed by atoms with Crippen molar-refractivity contribution in [3.05, 3.63) is 41.5 Å². The minimum absolute atomic E-state index is 0.0916. The number of aromatic nitrogens is 2. The number of rotatable bonds is 11. The largest absolute Gasteiger partial charge is 0.532 e. The number of hydrogen-bond donors (Lipinski definition) is 0. The monoisotopic (exact) mass is 685 g/mol. The number of halogens is 1. The lowest BCUT2D eigenvalue weighted by atomic mass is 10.2. The van der Waals surface area contributed by atoms with Gasteiger partial charge in [0, 0.05) is 32.3 Å². The van der Waals surface area contributed by atoms with Gasteiger partial charge in [-0.25, -0.2) is 37.7 Å². The lowest BCUT2D eigenvalue weighted by Crippen LogP contribution is -2.43. The number of ether oxygens (including phenoxy) is 2. The van der Waals surface area contributed by atoms with Crippen molar-refractivity contribution in [2.24, 2.45) is 7.05 Å². The fraction of sp³-hybridized carbons (Fsp3) is 0.586. The molecule has 3 amide bonds. The molecule has 0 saturated carbocycles. The van der Waals surface area contributed by atoms with Gasteiger partial charge in [-0.15, -0.1) is 9.35 Å². The molecular weight excluding hydrogens is 644 g/mol. The maximum Gasteiger partial charge on any atom is 0.532 e. The molecule has 2 aliphatic rings. The number of carbonyl (C=O) groups excluding carboxylic acids is 3. The Morgan fingerprint density at radius 2 is 1.77 bits per heavy atom. The molecule has 4 rings (SSSR count). The van der Waals surface area contributed by atoms with E-state index in [9.17, 15) is 18.9 Å². The van der Waals surface area contributed by atoms with Crippen LogP contribution < -0.4 is 9.80 Å². The fourth-order valence-electron chi connectivity index (χ4n) is 4.52. The number of amides is 3. The van der Waals surface area contributed by atoms with Gasteiger partial charge in [0.2, 0.25) is 12.2 Å². The van der Waals surface area contributed by atoms with Gasteiger partial charge in [-0.05, 0) is 66.7 Å². The zero-order valence-corrected chi connectivity index (χ0v) is 28.7. The number of phosphoric acid groups is 1. The Balaban J connectivity index is 1.37. The summed E-state index contributed by atoms with van der Waals surface area (Å²) in [7, 11) is -2.80. The molecular formula is C29H41FN5O11P. The normalized spacial score (nSPS) is 17.5. The van der Waals surface area contributed by atoms with Crippen LogP contribution in [0.25, 0.3) is 0 Å². The number of nitrogens with zero attached hydrogens (tertiary/aromatic N) is 5. The van der Waals surface area contributed by atoms with Crippen LogP contribution in [-0.2, 0) is 62.6 Å². The summed E-state index contributed by atoms with van der Waals surface area (Å²) in [6, 6.07) is 4.38. The first kappa shape index (κ1) is 36.2. The number of imide groups is 1. The molecule has 47 heavy (non-hydrogen) atoms. The Bertz CT molecular complexity index is 1490. The van der Waals surface area contributed by atoms with Crippen LogP contribution in [0.5, 0.6) is 0 Å². The van der Waals surface area contributed by atoms with E-state index in [0.29, 0.717) is 23.7 Å². The van der Waals surface area contributed by atoms with Gasteiger partial charge < -0.3 is 14.4 Å². The van der Waals surface area contributed by atoms with Gasteiger partial charge in [-0.3, -0.25) is 14.4 Å². The summed E-state index contributed by atoms with van der Waals surface area (Å²) in [6.07, 6.45) is -2.66. The minimum atomic E-state index is -4.63. The van der Waals surface area contributed by atoms with Crippen LogP contribution in [0.3, 0.4) is 0 Å². The molecule has 0 bridgehead atoms. The molecule has 1 aromatic heterocycles. The highest BCUT2D eigenvalue weighted by molar-refractivity contribution is 7.48. The zero-order chi connectivity index (χ0) is 34.9. The molecule has 3 heterocycles. The molecule has 2 aromatic rings. The second-order valence-corrected chi connectivity index (χ2v) is 14.5. The molecule has 1 aromatic carbocycles. The van der Waals surface area contributed by atoms with Crippen LogP contribution in [0.1, 0.15) is 66.6 Å². The number of cyclic esters (lactones) is 1. The first-order valence-corrected chi connectivity index (χ1v) is 16.2. The highest BCUT2D eigenvalue weighted by Gasteiger charge is 2.40. The van der Waals surface area contributed by atoms with E-state index in [-0.39, 0.29) is 12.2 Å². The summed E-state index contributed by atoms with van der Waals surface area (Å²) >= 11 is 0. The van der Waals surface area contributed by atoms with Crippen molar-refractivity contribution in [1.82, 2.24) is 14.7 Å². The van der Waals surface area contributed by atoms with Gasteiger partial charge >= 0.3 is 20.0 Å². The van der Waals surface area contributed by atoms with Crippen molar-refractivity contribution in [1.29, 1.82) is 0 Å². The summed E-state index contributed by atoms with van der Waals surface area (Å²) in [5.74, 6) is -1.28. The van der Waals surface area contributed by atoms with E-state index in [1.54, 1.807) is 58.4 Å². The highest BCUT2D eigenvalue weighted by atomic mass is 31.2. The minimum Gasteiger partial charge on any atom is -0.442 e. The van der Waals surface area contributed by atoms with Gasteiger partial charge in [0.1, 0.15) is 11.9 Å². The van der Waals surface area contributed by atoms with E-state index >= 15 is 4.39 Å². The van der Waals surface area contributed by atoms with E-state index < -0.39 is 61.9 Å². The van der Waals surface area contributed by atoms with Crippen molar-refractivity contribution < 1.29 is 56.5 Å². The second-order valence-electron chi connectivity index (χ2n) is 13.1. The van der Waals surface area contributed by atoms with Gasteiger partial charge in [0.15, 0.2) is 0 Å². The van der Waals surface area contributed by atoms with Crippen LogP contribution in [0.2, 0.25) is 0 Å². The lowest BCUT2D eigenvalue weighted by molar-refractivity contribution is -0.341. The number of anilines is 2. The summed E-state index contributed by atoms with van der Waals surface area (Å²) in [4.78, 5) is 52.0. The standard InChI is InChI=1S/C29H41FN5O11P/c1-18(36)34(26(37)40-19(2)42-47(39,45-43-28(3,4)5)46-44-29(6,7)8)15-22-16-35(27(38)41-22)21-10-11-25(23(30)12-21)33-14-20-13-32(9)31-24(20)17-33/h10-13,19,22H,14-17H2,1-9H3/t19?,22-/m0/s1. The first-order valence-electron chi connectivity index (χ1n) is 14.8.